The minimum atomic E-state index is -0.390. The maximum Gasteiger partial charge on any atom is 0.494 e. The first-order chi connectivity index (χ1) is 20.3. The average molecular weight is 545 g/mol. The molecule has 0 amide bonds. The average Bonchev–Trinajstić information content (AvgIpc) is 3.45. The van der Waals surface area contributed by atoms with E-state index in [1.807, 2.05) is 0 Å². The van der Waals surface area contributed by atoms with Crippen LogP contribution in [0.4, 0.5) is 0 Å². The summed E-state index contributed by atoms with van der Waals surface area (Å²) in [5.74, 6) is 0. The van der Waals surface area contributed by atoms with Crippen molar-refractivity contribution in [1.29, 1.82) is 0 Å². The molecule has 0 unspecified atom stereocenters. The summed E-state index contributed by atoms with van der Waals surface area (Å²) >= 11 is 0. The van der Waals surface area contributed by atoms with Crippen LogP contribution >= 0.6 is 0 Å². The Morgan fingerprint density at radius 2 is 1.17 bits per heavy atom. The van der Waals surface area contributed by atoms with Crippen LogP contribution in [0.2, 0.25) is 0 Å². The Kier molecular flexibility index (Phi) is 5.47. The van der Waals surface area contributed by atoms with E-state index in [1.54, 1.807) is 0 Å². The summed E-state index contributed by atoms with van der Waals surface area (Å²) in [6.45, 7) is 8.39. The van der Waals surface area contributed by atoms with Gasteiger partial charge in [-0.3, -0.25) is 0 Å². The lowest BCUT2D eigenvalue weighted by Gasteiger charge is -2.32. The lowest BCUT2D eigenvalue weighted by Crippen LogP contribution is -2.41. The highest BCUT2D eigenvalue weighted by Gasteiger charge is 2.51. The molecule has 1 aliphatic rings. The summed E-state index contributed by atoms with van der Waals surface area (Å²) in [5, 5.41) is 7.46. The van der Waals surface area contributed by atoms with Gasteiger partial charge in [-0.15, -0.1) is 0 Å². The van der Waals surface area contributed by atoms with Crippen molar-refractivity contribution >= 4 is 55.9 Å². The van der Waals surface area contributed by atoms with Crippen molar-refractivity contribution in [3.05, 3.63) is 121 Å². The van der Waals surface area contributed by atoms with E-state index in [4.69, 9.17) is 9.31 Å². The molecule has 4 heteroatoms. The van der Waals surface area contributed by atoms with E-state index < -0.39 is 7.12 Å². The minimum absolute atomic E-state index is 0.376. The molecule has 0 bridgehead atoms. The summed E-state index contributed by atoms with van der Waals surface area (Å²) in [5.41, 5.74) is 6.24. The van der Waals surface area contributed by atoms with Crippen LogP contribution in [0.1, 0.15) is 27.7 Å². The number of nitrogens with zero attached hydrogens (tertiary/aromatic N) is 1. The fraction of sp³-hybridized carbons (Fsp3) is 0.158. The van der Waals surface area contributed by atoms with Crippen LogP contribution in [0.3, 0.4) is 0 Å². The smallest absolute Gasteiger partial charge is 0.399 e. The molecule has 0 radical (unpaired) electrons. The Balaban J connectivity index is 1.35. The zero-order valence-electron chi connectivity index (χ0n) is 24.4. The first-order valence-electron chi connectivity index (χ1n) is 14.7. The molecule has 3 nitrogen and oxygen atoms in total. The third kappa shape index (κ3) is 3.76. The SMILES string of the molecule is CC1(C)OB(c2cccc(-c3ccc4c(c3)c3ccc5ccccc5c3n4-c3cccc4ccccc34)c2)OC1(C)C. The predicted octanol–water partition coefficient (Wildman–Crippen LogP) is 9.06. The van der Waals surface area contributed by atoms with E-state index in [1.165, 1.54) is 54.6 Å². The second-order valence-corrected chi connectivity index (χ2v) is 12.5. The van der Waals surface area contributed by atoms with Crippen LogP contribution in [-0.4, -0.2) is 22.9 Å². The molecule has 42 heavy (non-hydrogen) atoms. The fourth-order valence-corrected chi connectivity index (χ4v) is 6.46. The van der Waals surface area contributed by atoms with Crippen molar-refractivity contribution in [2.45, 2.75) is 38.9 Å². The van der Waals surface area contributed by atoms with E-state index in [0.717, 1.165) is 11.0 Å². The summed E-state index contributed by atoms with van der Waals surface area (Å²) in [4.78, 5) is 0. The van der Waals surface area contributed by atoms with Gasteiger partial charge in [0.2, 0.25) is 0 Å². The molecule has 2 heterocycles. The Morgan fingerprint density at radius 1 is 0.524 bits per heavy atom. The predicted molar refractivity (Wildman–Crippen MR) is 177 cm³/mol. The second kappa shape index (κ2) is 9.06. The third-order valence-electron chi connectivity index (χ3n) is 9.40. The molecule has 0 spiro atoms. The second-order valence-electron chi connectivity index (χ2n) is 12.5. The highest BCUT2D eigenvalue weighted by Crippen LogP contribution is 2.40. The normalized spacial score (nSPS) is 16.2. The van der Waals surface area contributed by atoms with Crippen LogP contribution in [-0.2, 0) is 9.31 Å². The summed E-state index contributed by atoms with van der Waals surface area (Å²) in [6.07, 6.45) is 0. The van der Waals surface area contributed by atoms with Crippen LogP contribution < -0.4 is 5.46 Å². The van der Waals surface area contributed by atoms with Gasteiger partial charge in [-0.05, 0) is 73.3 Å². The molecule has 1 saturated heterocycles. The van der Waals surface area contributed by atoms with E-state index in [9.17, 15) is 0 Å². The highest BCUT2D eigenvalue weighted by molar-refractivity contribution is 6.62. The number of benzene rings is 6. The van der Waals surface area contributed by atoms with Crippen LogP contribution in [0, 0.1) is 0 Å². The van der Waals surface area contributed by atoms with Crippen molar-refractivity contribution in [1.82, 2.24) is 4.57 Å². The molecular formula is C38H32BNO2. The first kappa shape index (κ1) is 25.3. The maximum atomic E-state index is 6.37. The van der Waals surface area contributed by atoms with Gasteiger partial charge in [0.15, 0.2) is 0 Å². The zero-order valence-corrected chi connectivity index (χ0v) is 24.4. The van der Waals surface area contributed by atoms with E-state index in [2.05, 4.69) is 154 Å². The third-order valence-corrected chi connectivity index (χ3v) is 9.40. The first-order valence-corrected chi connectivity index (χ1v) is 14.7. The van der Waals surface area contributed by atoms with Gasteiger partial charge in [0.25, 0.3) is 0 Å². The van der Waals surface area contributed by atoms with Crippen LogP contribution in [0.25, 0.3) is 60.2 Å². The molecular weight excluding hydrogens is 513 g/mol. The van der Waals surface area contributed by atoms with Crippen molar-refractivity contribution in [3.63, 3.8) is 0 Å². The van der Waals surface area contributed by atoms with Crippen LogP contribution in [0.15, 0.2) is 121 Å². The van der Waals surface area contributed by atoms with Gasteiger partial charge in [0, 0.05) is 21.5 Å². The Labute approximate surface area is 246 Å². The van der Waals surface area contributed by atoms with E-state index in [-0.39, 0.29) is 11.2 Å². The number of aromatic nitrogens is 1. The largest absolute Gasteiger partial charge is 0.494 e. The highest BCUT2D eigenvalue weighted by atomic mass is 16.7. The van der Waals surface area contributed by atoms with Crippen molar-refractivity contribution in [3.8, 4) is 16.8 Å². The summed E-state index contributed by atoms with van der Waals surface area (Å²) < 4.78 is 15.2. The lowest BCUT2D eigenvalue weighted by molar-refractivity contribution is 0.00578. The van der Waals surface area contributed by atoms with Crippen molar-refractivity contribution < 1.29 is 9.31 Å². The zero-order chi connectivity index (χ0) is 28.6. The van der Waals surface area contributed by atoms with Gasteiger partial charge >= 0.3 is 7.12 Å². The molecule has 0 N–H and O–H groups in total. The standard InChI is InChI=1S/C38H32BNO2/c1-37(2)38(3,4)42-39(41-37)29-15-9-14-27(23-29)28-20-22-35-33(24-28)32-21-19-26-12-6-8-17-31(26)36(32)40(35)34-18-10-13-25-11-5-7-16-30(25)34/h5-24H,1-4H3. The van der Waals surface area contributed by atoms with Gasteiger partial charge in [-0.25, -0.2) is 0 Å². The number of fused-ring (bicyclic) bond motifs is 6. The molecule has 0 saturated carbocycles. The molecule has 6 aromatic carbocycles. The molecule has 0 atom stereocenters. The Bertz CT molecular complexity index is 2150. The van der Waals surface area contributed by atoms with E-state index in [0.29, 0.717) is 0 Å². The quantitative estimate of drug-likeness (QED) is 0.207. The Hall–Kier alpha value is -4.38. The maximum absolute atomic E-state index is 6.37. The van der Waals surface area contributed by atoms with Crippen LogP contribution in [0.5, 0.6) is 0 Å². The molecule has 8 rings (SSSR count). The van der Waals surface area contributed by atoms with Gasteiger partial charge in [0.1, 0.15) is 0 Å². The van der Waals surface area contributed by atoms with Gasteiger partial charge < -0.3 is 13.9 Å². The summed E-state index contributed by atoms with van der Waals surface area (Å²) in [7, 11) is -0.390. The molecule has 204 valence electrons. The number of hydrogen-bond donors (Lipinski definition) is 0. The molecule has 0 aliphatic carbocycles. The summed E-state index contributed by atoms with van der Waals surface area (Å²) in [6, 6.07) is 43.9. The topological polar surface area (TPSA) is 23.4 Å². The molecule has 1 aromatic heterocycles. The number of hydrogen-bond acceptors (Lipinski definition) is 2. The van der Waals surface area contributed by atoms with Gasteiger partial charge in [0.05, 0.1) is 27.9 Å². The lowest BCUT2D eigenvalue weighted by atomic mass is 9.78. The molecule has 7 aromatic rings. The van der Waals surface area contributed by atoms with Gasteiger partial charge in [-0.1, -0.05) is 103 Å². The monoisotopic (exact) mass is 545 g/mol. The Morgan fingerprint density at radius 3 is 1.95 bits per heavy atom. The molecule has 1 aliphatic heterocycles. The minimum Gasteiger partial charge on any atom is -0.399 e. The van der Waals surface area contributed by atoms with Crippen molar-refractivity contribution in [2.75, 3.05) is 0 Å². The van der Waals surface area contributed by atoms with E-state index >= 15 is 0 Å². The number of rotatable bonds is 3. The molecule has 1 fully saturated rings. The van der Waals surface area contributed by atoms with Gasteiger partial charge in [-0.2, -0.15) is 0 Å². The van der Waals surface area contributed by atoms with Crippen molar-refractivity contribution in [2.24, 2.45) is 0 Å². The fourth-order valence-electron chi connectivity index (χ4n) is 6.46.